The molecule has 0 aliphatic rings. The Labute approximate surface area is 123 Å². The van der Waals surface area contributed by atoms with Gasteiger partial charge in [0.05, 0.1) is 3.79 Å². The van der Waals surface area contributed by atoms with Crippen molar-refractivity contribution in [1.29, 1.82) is 0 Å². The molecule has 0 bridgehead atoms. The number of thiophene rings is 1. The molecule has 0 radical (unpaired) electrons. The minimum Gasteiger partial charge on any atom is -0.294 e. The Bertz CT molecular complexity index is 371. The van der Waals surface area contributed by atoms with Crippen molar-refractivity contribution < 1.29 is 4.79 Å². The van der Waals surface area contributed by atoms with Gasteiger partial charge in [-0.1, -0.05) is 45.4 Å². The molecule has 1 nitrogen and oxygen atoms in total. The van der Waals surface area contributed by atoms with E-state index in [0.717, 1.165) is 20.6 Å². The van der Waals surface area contributed by atoms with Crippen molar-refractivity contribution in [2.75, 3.05) is 0 Å². The summed E-state index contributed by atoms with van der Waals surface area (Å²) < 4.78 is 1.06. The van der Waals surface area contributed by atoms with Crippen LogP contribution < -0.4 is 0 Å². The van der Waals surface area contributed by atoms with Crippen molar-refractivity contribution in [3.63, 3.8) is 0 Å². The summed E-state index contributed by atoms with van der Waals surface area (Å²) in [5.74, 6) is 0.308. The van der Waals surface area contributed by atoms with Crippen LogP contribution in [0.25, 0.3) is 0 Å². The molecule has 0 spiro atoms. The number of unbranched alkanes of at least 4 members (excludes halogenated alkanes) is 6. The molecule has 1 aromatic rings. The molecule has 0 saturated carbocycles. The third kappa shape index (κ3) is 5.66. The molecule has 102 valence electrons. The molecular formula is C15H23BrOS. The summed E-state index contributed by atoms with van der Waals surface area (Å²) >= 11 is 5.08. The molecule has 0 N–H and O–H groups in total. The van der Waals surface area contributed by atoms with Crippen LogP contribution in [0.2, 0.25) is 0 Å². The van der Waals surface area contributed by atoms with Gasteiger partial charge in [0.2, 0.25) is 0 Å². The van der Waals surface area contributed by atoms with E-state index in [0.29, 0.717) is 12.2 Å². The lowest BCUT2D eigenvalue weighted by Gasteiger charge is -2.01. The highest BCUT2D eigenvalue weighted by Crippen LogP contribution is 2.27. The van der Waals surface area contributed by atoms with Crippen molar-refractivity contribution >= 4 is 33.0 Å². The smallest absolute Gasteiger partial charge is 0.164 e. The van der Waals surface area contributed by atoms with E-state index in [2.05, 4.69) is 22.9 Å². The maximum atomic E-state index is 12.0. The Kier molecular flexibility index (Phi) is 7.84. The Morgan fingerprint density at radius 3 is 2.33 bits per heavy atom. The van der Waals surface area contributed by atoms with E-state index in [4.69, 9.17) is 0 Å². The summed E-state index contributed by atoms with van der Waals surface area (Å²) in [5, 5.41) is 0. The third-order valence-corrected chi connectivity index (χ3v) is 4.75. The summed E-state index contributed by atoms with van der Waals surface area (Å²) in [6.45, 7) is 4.26. The normalized spacial score (nSPS) is 10.8. The van der Waals surface area contributed by atoms with Gasteiger partial charge in [-0.2, -0.15) is 0 Å². The second-order valence-electron chi connectivity index (χ2n) is 4.81. The van der Waals surface area contributed by atoms with Gasteiger partial charge < -0.3 is 0 Å². The van der Waals surface area contributed by atoms with Gasteiger partial charge >= 0.3 is 0 Å². The summed E-state index contributed by atoms with van der Waals surface area (Å²) in [7, 11) is 0. The maximum absolute atomic E-state index is 12.0. The fourth-order valence-corrected chi connectivity index (χ4v) is 3.81. The molecular weight excluding hydrogens is 308 g/mol. The van der Waals surface area contributed by atoms with Crippen molar-refractivity contribution in [3.05, 3.63) is 20.3 Å². The maximum Gasteiger partial charge on any atom is 0.164 e. The second-order valence-corrected chi connectivity index (χ2v) is 7.45. The number of rotatable bonds is 9. The molecule has 0 aromatic carbocycles. The molecule has 0 unspecified atom stereocenters. The third-order valence-electron chi connectivity index (χ3n) is 3.20. The topological polar surface area (TPSA) is 17.1 Å². The lowest BCUT2D eigenvalue weighted by atomic mass is 10.0. The van der Waals surface area contributed by atoms with Gasteiger partial charge in [-0.15, -0.1) is 11.3 Å². The highest BCUT2D eigenvalue weighted by molar-refractivity contribution is 9.11. The molecule has 1 heterocycles. The zero-order valence-electron chi connectivity index (χ0n) is 11.4. The molecule has 0 saturated heterocycles. The van der Waals surface area contributed by atoms with Crippen LogP contribution in [0.1, 0.15) is 73.5 Å². The number of carbonyl (C=O) groups excluding carboxylic acids is 1. The first-order chi connectivity index (χ1) is 8.65. The fraction of sp³-hybridized carbons (Fsp3) is 0.667. The van der Waals surface area contributed by atoms with E-state index in [-0.39, 0.29) is 0 Å². The van der Waals surface area contributed by atoms with Crippen LogP contribution in [-0.2, 0) is 0 Å². The average molecular weight is 331 g/mol. The first-order valence-electron chi connectivity index (χ1n) is 6.94. The Morgan fingerprint density at radius 1 is 1.17 bits per heavy atom. The second kappa shape index (κ2) is 8.87. The van der Waals surface area contributed by atoms with E-state index >= 15 is 0 Å². The highest BCUT2D eigenvalue weighted by Gasteiger charge is 2.11. The minimum absolute atomic E-state index is 0.308. The lowest BCUT2D eigenvalue weighted by Crippen LogP contribution is -1.98. The number of Topliss-reactive ketones (excluding diaryl/α,β-unsaturated/α-hetero) is 1. The van der Waals surface area contributed by atoms with Crippen LogP contribution in [0.3, 0.4) is 0 Å². The molecule has 0 aliphatic carbocycles. The predicted octanol–water partition coefficient (Wildman–Crippen LogP) is 6.14. The van der Waals surface area contributed by atoms with E-state index in [1.807, 2.05) is 13.0 Å². The molecule has 0 atom stereocenters. The van der Waals surface area contributed by atoms with Gasteiger partial charge in [-0.05, 0) is 35.3 Å². The number of halogens is 1. The number of hydrogen-bond acceptors (Lipinski definition) is 2. The summed E-state index contributed by atoms with van der Waals surface area (Å²) in [4.78, 5) is 13.1. The Hall–Kier alpha value is -0.150. The SMILES string of the molecule is CCCCCCCCCC(=O)c1cc(Br)sc1C. The minimum atomic E-state index is 0.308. The summed E-state index contributed by atoms with van der Waals surface area (Å²) in [6, 6.07) is 1.96. The largest absolute Gasteiger partial charge is 0.294 e. The monoisotopic (exact) mass is 330 g/mol. The summed E-state index contributed by atoms with van der Waals surface area (Å²) in [6.07, 6.45) is 9.53. The van der Waals surface area contributed by atoms with Crippen LogP contribution in [0.5, 0.6) is 0 Å². The molecule has 1 aromatic heterocycles. The first kappa shape index (κ1) is 15.9. The molecule has 18 heavy (non-hydrogen) atoms. The van der Waals surface area contributed by atoms with E-state index in [1.165, 1.54) is 38.5 Å². The van der Waals surface area contributed by atoms with Crippen molar-refractivity contribution in [3.8, 4) is 0 Å². The van der Waals surface area contributed by atoms with Gasteiger partial charge in [-0.25, -0.2) is 0 Å². The Morgan fingerprint density at radius 2 is 1.78 bits per heavy atom. The number of aryl methyl sites for hydroxylation is 1. The van der Waals surface area contributed by atoms with Crippen molar-refractivity contribution in [2.45, 2.75) is 65.2 Å². The Balaban J connectivity index is 2.16. The van der Waals surface area contributed by atoms with Gasteiger partial charge in [0.25, 0.3) is 0 Å². The van der Waals surface area contributed by atoms with Gasteiger partial charge in [0, 0.05) is 16.9 Å². The molecule has 0 aliphatic heterocycles. The first-order valence-corrected chi connectivity index (χ1v) is 8.55. The number of ketones is 1. The van der Waals surface area contributed by atoms with Crippen LogP contribution >= 0.6 is 27.3 Å². The van der Waals surface area contributed by atoms with Gasteiger partial charge in [0.15, 0.2) is 5.78 Å². The van der Waals surface area contributed by atoms with Gasteiger partial charge in [-0.3, -0.25) is 4.79 Å². The van der Waals surface area contributed by atoms with Crippen molar-refractivity contribution in [2.24, 2.45) is 0 Å². The number of hydrogen-bond donors (Lipinski definition) is 0. The van der Waals surface area contributed by atoms with Crippen LogP contribution in [-0.4, -0.2) is 5.78 Å². The zero-order valence-corrected chi connectivity index (χ0v) is 13.8. The van der Waals surface area contributed by atoms with Crippen molar-refractivity contribution in [1.82, 2.24) is 0 Å². The van der Waals surface area contributed by atoms with E-state index in [9.17, 15) is 4.79 Å². The fourth-order valence-electron chi connectivity index (χ4n) is 2.10. The average Bonchev–Trinajstić information content (AvgIpc) is 2.67. The quantitative estimate of drug-likeness (QED) is 0.392. The number of carbonyl (C=O) groups is 1. The van der Waals surface area contributed by atoms with Crippen LogP contribution in [0.15, 0.2) is 9.85 Å². The molecule has 1 rings (SSSR count). The van der Waals surface area contributed by atoms with Gasteiger partial charge in [0.1, 0.15) is 0 Å². The van der Waals surface area contributed by atoms with E-state index in [1.54, 1.807) is 11.3 Å². The summed E-state index contributed by atoms with van der Waals surface area (Å²) in [5.41, 5.74) is 0.915. The molecule has 3 heteroatoms. The molecule has 0 fully saturated rings. The van der Waals surface area contributed by atoms with E-state index < -0.39 is 0 Å². The highest BCUT2D eigenvalue weighted by atomic mass is 79.9. The van der Waals surface area contributed by atoms with Crippen LogP contribution in [0, 0.1) is 6.92 Å². The molecule has 0 amide bonds. The standard InChI is InChI=1S/C15H23BrOS/c1-3-4-5-6-7-8-9-10-14(17)13-11-15(16)18-12(13)2/h11H,3-10H2,1-2H3. The lowest BCUT2D eigenvalue weighted by molar-refractivity contribution is 0.0979. The van der Waals surface area contributed by atoms with Crippen LogP contribution in [0.4, 0.5) is 0 Å². The zero-order chi connectivity index (χ0) is 13.4. The predicted molar refractivity (Wildman–Crippen MR) is 83.7 cm³/mol.